The average molecular weight is 147 g/mol. The number of rotatable bonds is 2. The number of carbonyl (C=O) groups is 1. The smallest absolute Gasteiger partial charge is 0.246 e. The van der Waals surface area contributed by atoms with Gasteiger partial charge in [-0.2, -0.15) is 0 Å². The number of allylic oxidation sites excluding steroid dienone is 1. The van der Waals surface area contributed by atoms with E-state index in [9.17, 15) is 9.18 Å². The second-order valence-electron chi connectivity index (χ2n) is 2.39. The van der Waals surface area contributed by atoms with Crippen molar-refractivity contribution in [2.45, 2.75) is 26.8 Å². The standard InChI is InChI=1S/C7H12FNO.H2/c1-5(2)9-7(10)4-6(3)8;/h4-5H,1-3H3,(H,9,10);1H/b6-4-;. The monoisotopic (exact) mass is 147 g/mol. The van der Waals surface area contributed by atoms with Gasteiger partial charge < -0.3 is 5.32 Å². The number of hydrogen-bond donors (Lipinski definition) is 1. The topological polar surface area (TPSA) is 29.1 Å². The summed E-state index contributed by atoms with van der Waals surface area (Å²) in [6.07, 6.45) is 0.931. The summed E-state index contributed by atoms with van der Waals surface area (Å²) in [6.45, 7) is 4.87. The van der Waals surface area contributed by atoms with E-state index in [-0.39, 0.29) is 13.4 Å². The van der Waals surface area contributed by atoms with E-state index in [2.05, 4.69) is 5.32 Å². The number of nitrogens with one attached hydrogen (secondary N) is 1. The van der Waals surface area contributed by atoms with Crippen molar-refractivity contribution in [2.75, 3.05) is 0 Å². The molecule has 0 unspecified atom stereocenters. The Morgan fingerprint density at radius 3 is 2.50 bits per heavy atom. The minimum absolute atomic E-state index is 0. The summed E-state index contributed by atoms with van der Waals surface area (Å²) in [5, 5.41) is 2.52. The molecule has 0 radical (unpaired) electrons. The third-order valence-corrected chi connectivity index (χ3v) is 0.761. The van der Waals surface area contributed by atoms with Crippen LogP contribution in [0.2, 0.25) is 0 Å². The zero-order valence-corrected chi connectivity index (χ0v) is 6.44. The second kappa shape index (κ2) is 4.04. The van der Waals surface area contributed by atoms with E-state index in [0.29, 0.717) is 0 Å². The van der Waals surface area contributed by atoms with Crippen LogP contribution in [0, 0.1) is 0 Å². The first-order valence-electron chi connectivity index (χ1n) is 3.16. The van der Waals surface area contributed by atoms with Crippen LogP contribution in [-0.2, 0) is 4.79 Å². The Balaban J connectivity index is 0. The molecule has 0 bridgehead atoms. The SMILES string of the molecule is C/C(F)=C/C(=O)NC(C)C.[HH]. The predicted molar refractivity (Wildman–Crippen MR) is 40.3 cm³/mol. The second-order valence-corrected chi connectivity index (χ2v) is 2.39. The van der Waals surface area contributed by atoms with Crippen molar-refractivity contribution in [3.63, 3.8) is 0 Å². The molecule has 1 amide bonds. The van der Waals surface area contributed by atoms with E-state index in [0.717, 1.165) is 6.08 Å². The van der Waals surface area contributed by atoms with Crippen LogP contribution < -0.4 is 5.32 Å². The molecule has 0 saturated heterocycles. The molecule has 0 aromatic carbocycles. The van der Waals surface area contributed by atoms with Gasteiger partial charge in [-0.1, -0.05) is 0 Å². The lowest BCUT2D eigenvalue weighted by Crippen LogP contribution is -2.28. The molecule has 0 aliphatic carbocycles. The predicted octanol–water partition coefficient (Wildman–Crippen LogP) is 1.63. The molecule has 3 heteroatoms. The van der Waals surface area contributed by atoms with Gasteiger partial charge in [-0.05, 0) is 20.8 Å². The van der Waals surface area contributed by atoms with Crippen molar-refractivity contribution in [3.05, 3.63) is 11.9 Å². The van der Waals surface area contributed by atoms with E-state index in [1.807, 2.05) is 13.8 Å². The van der Waals surface area contributed by atoms with Crippen LogP contribution in [-0.4, -0.2) is 11.9 Å². The molecule has 0 spiro atoms. The summed E-state index contributed by atoms with van der Waals surface area (Å²) < 4.78 is 12.0. The fraction of sp³-hybridized carbons (Fsp3) is 0.571. The minimum atomic E-state index is -0.474. The molecule has 0 aliphatic heterocycles. The number of hydrogen-bond acceptors (Lipinski definition) is 1. The van der Waals surface area contributed by atoms with Gasteiger partial charge in [0.1, 0.15) is 5.83 Å². The first-order valence-corrected chi connectivity index (χ1v) is 3.16. The lowest BCUT2D eigenvalue weighted by molar-refractivity contribution is -0.117. The Morgan fingerprint density at radius 2 is 2.20 bits per heavy atom. The fourth-order valence-corrected chi connectivity index (χ4v) is 0.507. The average Bonchev–Trinajstić information content (AvgIpc) is 1.58. The highest BCUT2D eigenvalue weighted by Gasteiger charge is 1.98. The zero-order valence-electron chi connectivity index (χ0n) is 6.44. The Morgan fingerprint density at radius 1 is 1.70 bits per heavy atom. The Labute approximate surface area is 61.6 Å². The molecular weight excluding hydrogens is 133 g/mol. The van der Waals surface area contributed by atoms with Crippen molar-refractivity contribution in [1.82, 2.24) is 5.32 Å². The highest BCUT2D eigenvalue weighted by molar-refractivity contribution is 5.87. The maximum atomic E-state index is 12.0. The van der Waals surface area contributed by atoms with Crippen LogP contribution in [0.15, 0.2) is 11.9 Å². The van der Waals surface area contributed by atoms with Crippen molar-refractivity contribution in [3.8, 4) is 0 Å². The highest BCUT2D eigenvalue weighted by atomic mass is 19.1. The number of carbonyl (C=O) groups excluding carboxylic acids is 1. The summed E-state index contributed by atoms with van der Waals surface area (Å²) in [7, 11) is 0. The zero-order chi connectivity index (χ0) is 8.15. The van der Waals surface area contributed by atoms with Gasteiger partial charge in [0, 0.05) is 13.5 Å². The van der Waals surface area contributed by atoms with Gasteiger partial charge in [0.15, 0.2) is 0 Å². The van der Waals surface area contributed by atoms with Gasteiger partial charge in [0.25, 0.3) is 0 Å². The molecule has 0 aromatic rings. The normalized spacial score (nSPS) is 11.9. The van der Waals surface area contributed by atoms with Gasteiger partial charge in [0.05, 0.1) is 0 Å². The maximum Gasteiger partial charge on any atom is 0.246 e. The van der Waals surface area contributed by atoms with Crippen LogP contribution in [0.5, 0.6) is 0 Å². The molecule has 0 heterocycles. The first kappa shape index (κ1) is 9.14. The van der Waals surface area contributed by atoms with Gasteiger partial charge in [-0.15, -0.1) is 0 Å². The van der Waals surface area contributed by atoms with Crippen LogP contribution in [0.3, 0.4) is 0 Å². The lowest BCUT2D eigenvalue weighted by atomic mass is 10.4. The molecule has 0 aromatic heterocycles. The first-order chi connectivity index (χ1) is 4.52. The van der Waals surface area contributed by atoms with Crippen LogP contribution in [0.1, 0.15) is 22.2 Å². The van der Waals surface area contributed by atoms with E-state index < -0.39 is 5.83 Å². The van der Waals surface area contributed by atoms with Crippen LogP contribution >= 0.6 is 0 Å². The molecular formula is C7H14FNO. The van der Waals surface area contributed by atoms with Gasteiger partial charge in [0.2, 0.25) is 5.91 Å². The molecule has 0 saturated carbocycles. The van der Waals surface area contributed by atoms with Gasteiger partial charge >= 0.3 is 0 Å². The number of amides is 1. The molecule has 0 fully saturated rings. The summed E-state index contributed by atoms with van der Waals surface area (Å²) >= 11 is 0. The van der Waals surface area contributed by atoms with Crippen molar-refractivity contribution in [1.29, 1.82) is 0 Å². The largest absolute Gasteiger partial charge is 0.350 e. The summed E-state index contributed by atoms with van der Waals surface area (Å²) in [6, 6.07) is 0.0584. The number of halogens is 1. The van der Waals surface area contributed by atoms with Gasteiger partial charge in [-0.3, -0.25) is 4.79 Å². The molecule has 2 nitrogen and oxygen atoms in total. The van der Waals surface area contributed by atoms with E-state index in [1.165, 1.54) is 6.92 Å². The summed E-state index contributed by atoms with van der Waals surface area (Å²) in [5.74, 6) is -0.854. The molecule has 1 N–H and O–H groups in total. The molecule has 0 atom stereocenters. The Kier molecular flexibility index (Phi) is 3.69. The van der Waals surface area contributed by atoms with E-state index in [4.69, 9.17) is 0 Å². The quantitative estimate of drug-likeness (QED) is 0.591. The summed E-state index contributed by atoms with van der Waals surface area (Å²) in [5.41, 5.74) is 0. The van der Waals surface area contributed by atoms with E-state index in [1.54, 1.807) is 0 Å². The van der Waals surface area contributed by atoms with Crippen LogP contribution in [0.25, 0.3) is 0 Å². The van der Waals surface area contributed by atoms with Crippen molar-refractivity contribution >= 4 is 5.91 Å². The lowest BCUT2D eigenvalue weighted by Gasteiger charge is -2.03. The summed E-state index contributed by atoms with van der Waals surface area (Å²) in [4.78, 5) is 10.6. The fourth-order valence-electron chi connectivity index (χ4n) is 0.507. The molecule has 60 valence electrons. The molecule has 0 aliphatic rings. The van der Waals surface area contributed by atoms with Crippen molar-refractivity contribution in [2.24, 2.45) is 0 Å². The molecule has 0 rings (SSSR count). The Hall–Kier alpha value is -0.860. The van der Waals surface area contributed by atoms with Crippen LogP contribution in [0.4, 0.5) is 4.39 Å². The third-order valence-electron chi connectivity index (χ3n) is 0.761. The Bertz CT molecular complexity index is 153. The van der Waals surface area contributed by atoms with E-state index >= 15 is 0 Å². The third kappa shape index (κ3) is 5.28. The molecule has 10 heavy (non-hydrogen) atoms. The van der Waals surface area contributed by atoms with Crippen molar-refractivity contribution < 1.29 is 10.6 Å². The van der Waals surface area contributed by atoms with Gasteiger partial charge in [-0.25, -0.2) is 4.39 Å². The minimum Gasteiger partial charge on any atom is -0.350 e. The highest BCUT2D eigenvalue weighted by Crippen LogP contribution is 1.91. The maximum absolute atomic E-state index is 12.0.